The summed E-state index contributed by atoms with van der Waals surface area (Å²) < 4.78 is 0. The molecule has 0 aliphatic carbocycles. The third kappa shape index (κ3) is 8.96. The summed E-state index contributed by atoms with van der Waals surface area (Å²) in [5, 5.41) is 8.33. The lowest BCUT2D eigenvalue weighted by Crippen LogP contribution is -1.95. The van der Waals surface area contributed by atoms with Crippen LogP contribution in [0.3, 0.4) is 0 Å². The fourth-order valence-corrected chi connectivity index (χ4v) is 6.55. The minimum absolute atomic E-state index is 0.587. The highest BCUT2D eigenvalue weighted by Gasteiger charge is 2.10. The Morgan fingerprint density at radius 3 is 1.02 bits per heavy atom. The van der Waals surface area contributed by atoms with E-state index in [-0.39, 0.29) is 0 Å². The van der Waals surface area contributed by atoms with Crippen molar-refractivity contribution in [3.63, 3.8) is 0 Å². The van der Waals surface area contributed by atoms with Crippen LogP contribution in [0, 0.1) is 0 Å². The molecule has 0 aliphatic heterocycles. The van der Waals surface area contributed by atoms with Crippen LogP contribution in [0.1, 0.15) is 152 Å². The van der Waals surface area contributed by atoms with E-state index in [0.29, 0.717) is 35.5 Å². The van der Waals surface area contributed by atoms with Gasteiger partial charge in [-0.1, -0.05) is 192 Å². The summed E-state index contributed by atoms with van der Waals surface area (Å²) in [7, 11) is 0. The normalized spacial score (nSPS) is 11.6. The largest absolute Gasteiger partial charge is 0.0616 e. The van der Waals surface area contributed by atoms with Crippen molar-refractivity contribution in [2.45, 2.75) is 119 Å². The zero-order chi connectivity index (χ0) is 35.1. The van der Waals surface area contributed by atoms with Crippen LogP contribution in [0.5, 0.6) is 0 Å². The highest BCUT2D eigenvalue weighted by molar-refractivity contribution is 5.88. The molecule has 6 rings (SSSR count). The number of rotatable bonds is 6. The molecule has 0 N–H and O–H groups in total. The van der Waals surface area contributed by atoms with Crippen molar-refractivity contribution in [2.75, 3.05) is 0 Å². The first kappa shape index (κ1) is 36.9. The molecule has 0 heteroatoms. The fraction of sp³-hybridized carbons (Fsp3) is 0.375. The molecular weight excluding hydrogens is 577 g/mol. The maximum atomic E-state index is 2.37. The van der Waals surface area contributed by atoms with Crippen LogP contribution in [0.2, 0.25) is 0 Å². The Morgan fingerprint density at radius 1 is 0.271 bits per heavy atom. The molecule has 0 aliphatic rings. The van der Waals surface area contributed by atoms with Gasteiger partial charge in [-0.05, 0) is 101 Å². The molecule has 0 saturated carbocycles. The minimum atomic E-state index is 0.587. The monoisotopic (exact) mass is 636 g/mol. The van der Waals surface area contributed by atoms with E-state index < -0.39 is 0 Å². The van der Waals surface area contributed by atoms with Gasteiger partial charge in [0.05, 0.1) is 0 Å². The maximum absolute atomic E-state index is 2.37. The van der Waals surface area contributed by atoms with Gasteiger partial charge in [-0.25, -0.2) is 0 Å². The second-order valence-corrected chi connectivity index (χ2v) is 15.4. The van der Waals surface area contributed by atoms with Crippen LogP contribution in [-0.2, 0) is 0 Å². The summed E-state index contributed by atoms with van der Waals surface area (Å²) in [4.78, 5) is 0. The zero-order valence-electron chi connectivity index (χ0n) is 31.9. The van der Waals surface area contributed by atoms with E-state index in [1.54, 1.807) is 0 Å². The quantitative estimate of drug-likeness (QED) is 0.171. The molecule has 0 fully saturated rings. The summed E-state index contributed by atoms with van der Waals surface area (Å²) in [6.07, 6.45) is 0. The SMILES string of the molecule is CC(C)c1cc(C(C)C)c2ccccc2c1.CC(C)c1ccc2c(C(C)C)cccc2c1.CC(C)c1ccc2c(C(C)C)cccc2c1. The van der Waals surface area contributed by atoms with Crippen molar-refractivity contribution in [1.82, 2.24) is 0 Å². The van der Waals surface area contributed by atoms with Crippen molar-refractivity contribution >= 4 is 32.3 Å². The summed E-state index contributed by atoms with van der Waals surface area (Å²) in [5.41, 5.74) is 8.67. The molecule has 0 spiro atoms. The number of hydrogen-bond acceptors (Lipinski definition) is 0. The molecule has 0 bridgehead atoms. The third-order valence-electron chi connectivity index (χ3n) is 9.66. The van der Waals surface area contributed by atoms with Crippen molar-refractivity contribution in [1.29, 1.82) is 0 Å². The number of benzene rings is 6. The second-order valence-electron chi connectivity index (χ2n) is 15.4. The summed E-state index contributed by atoms with van der Waals surface area (Å²) in [6, 6.07) is 40.4. The van der Waals surface area contributed by atoms with Gasteiger partial charge in [-0.15, -0.1) is 0 Å². The average Bonchev–Trinajstić information content (AvgIpc) is 3.06. The molecule has 0 radical (unpaired) electrons. The molecule has 0 nitrogen and oxygen atoms in total. The Bertz CT molecular complexity index is 1810. The van der Waals surface area contributed by atoms with Crippen molar-refractivity contribution in [3.8, 4) is 0 Å². The molecule has 0 unspecified atom stereocenters. The zero-order valence-corrected chi connectivity index (χ0v) is 31.9. The lowest BCUT2D eigenvalue weighted by molar-refractivity contribution is 0.842. The van der Waals surface area contributed by atoms with Gasteiger partial charge in [-0.2, -0.15) is 0 Å². The van der Waals surface area contributed by atoms with Gasteiger partial charge in [0.25, 0.3) is 0 Å². The Labute approximate surface area is 292 Å². The Balaban J connectivity index is 0.000000163. The van der Waals surface area contributed by atoms with E-state index in [4.69, 9.17) is 0 Å². The maximum Gasteiger partial charge on any atom is -0.0149 e. The lowest BCUT2D eigenvalue weighted by Gasteiger charge is -2.14. The van der Waals surface area contributed by atoms with Gasteiger partial charge in [0, 0.05) is 0 Å². The van der Waals surface area contributed by atoms with Crippen molar-refractivity contribution in [2.24, 2.45) is 0 Å². The Hall–Kier alpha value is -3.90. The summed E-state index contributed by atoms with van der Waals surface area (Å²) in [6.45, 7) is 27.1. The Kier molecular flexibility index (Phi) is 12.7. The lowest BCUT2D eigenvalue weighted by atomic mass is 9.90. The van der Waals surface area contributed by atoms with E-state index in [1.807, 2.05) is 0 Å². The van der Waals surface area contributed by atoms with Crippen LogP contribution in [0.4, 0.5) is 0 Å². The molecule has 48 heavy (non-hydrogen) atoms. The molecule has 0 amide bonds. The van der Waals surface area contributed by atoms with Crippen LogP contribution in [0.15, 0.2) is 109 Å². The number of fused-ring (bicyclic) bond motifs is 3. The Morgan fingerprint density at radius 2 is 0.625 bits per heavy atom. The molecule has 0 heterocycles. The van der Waals surface area contributed by atoms with Crippen LogP contribution in [0.25, 0.3) is 32.3 Å². The van der Waals surface area contributed by atoms with Gasteiger partial charge in [0.1, 0.15) is 0 Å². The first-order chi connectivity index (χ1) is 22.8. The van der Waals surface area contributed by atoms with Crippen LogP contribution >= 0.6 is 0 Å². The van der Waals surface area contributed by atoms with Gasteiger partial charge >= 0.3 is 0 Å². The molecule has 6 aromatic carbocycles. The van der Waals surface area contributed by atoms with Crippen molar-refractivity contribution in [3.05, 3.63) is 143 Å². The molecular formula is C48H60. The van der Waals surface area contributed by atoms with E-state index in [2.05, 4.69) is 192 Å². The summed E-state index contributed by atoms with van der Waals surface area (Å²) >= 11 is 0. The second kappa shape index (κ2) is 16.5. The van der Waals surface area contributed by atoms with Gasteiger partial charge < -0.3 is 0 Å². The van der Waals surface area contributed by atoms with E-state index in [1.165, 1.54) is 65.7 Å². The van der Waals surface area contributed by atoms with Gasteiger partial charge in [0.15, 0.2) is 0 Å². The van der Waals surface area contributed by atoms with E-state index in [0.717, 1.165) is 0 Å². The first-order valence-electron chi connectivity index (χ1n) is 18.4. The predicted molar refractivity (Wildman–Crippen MR) is 216 cm³/mol. The molecule has 252 valence electrons. The molecule has 0 aromatic heterocycles. The number of hydrogen-bond donors (Lipinski definition) is 0. The van der Waals surface area contributed by atoms with Gasteiger partial charge in [-0.3, -0.25) is 0 Å². The van der Waals surface area contributed by atoms with E-state index in [9.17, 15) is 0 Å². The van der Waals surface area contributed by atoms with Crippen molar-refractivity contribution < 1.29 is 0 Å². The van der Waals surface area contributed by atoms with Crippen LogP contribution in [-0.4, -0.2) is 0 Å². The third-order valence-corrected chi connectivity index (χ3v) is 9.66. The minimum Gasteiger partial charge on any atom is -0.0616 e. The fourth-order valence-electron chi connectivity index (χ4n) is 6.55. The van der Waals surface area contributed by atoms with Gasteiger partial charge in [0.2, 0.25) is 0 Å². The van der Waals surface area contributed by atoms with E-state index >= 15 is 0 Å². The topological polar surface area (TPSA) is 0 Å². The molecule has 0 saturated heterocycles. The molecule has 0 atom stereocenters. The standard InChI is InChI=1S/3C16H20/c2*1-11(2)13-8-9-16-14(10-13)6-5-7-15(16)12(3)4;1-11(2)14-9-13-7-5-6-8-15(13)16(10-14)12(3)4/h3*5-12H,1-4H3. The smallest absolute Gasteiger partial charge is 0.0149 e. The highest BCUT2D eigenvalue weighted by atomic mass is 14.1. The predicted octanol–water partition coefficient (Wildman–Crippen LogP) is 15.3. The average molecular weight is 637 g/mol. The first-order valence-corrected chi connectivity index (χ1v) is 18.4. The highest BCUT2D eigenvalue weighted by Crippen LogP contribution is 2.31. The van der Waals surface area contributed by atoms with Crippen LogP contribution < -0.4 is 0 Å². The molecule has 6 aromatic rings. The summed E-state index contributed by atoms with van der Waals surface area (Å²) in [5.74, 6) is 3.58.